The molecular weight excluding hydrogens is 156 g/mol. The molecule has 0 amide bonds. The topological polar surface area (TPSA) is 0 Å². The number of hydrogen-bond acceptors (Lipinski definition) is 0. The van der Waals surface area contributed by atoms with E-state index in [9.17, 15) is 0 Å². The number of aryl methyl sites for hydroxylation is 1. The van der Waals surface area contributed by atoms with Crippen LogP contribution in [-0.2, 0) is 0 Å². The summed E-state index contributed by atoms with van der Waals surface area (Å²) in [6, 6.07) is 8.46. The zero-order valence-corrected chi connectivity index (χ0v) is 8.51. The first-order valence-electron chi connectivity index (χ1n) is 4.98. The Morgan fingerprint density at radius 3 is 2.54 bits per heavy atom. The Bertz CT molecular complexity index is 254. The van der Waals surface area contributed by atoms with Crippen molar-refractivity contribution in [2.45, 2.75) is 33.1 Å². The van der Waals surface area contributed by atoms with Crippen LogP contribution in [0.5, 0.6) is 0 Å². The van der Waals surface area contributed by atoms with Crippen molar-refractivity contribution in [3.05, 3.63) is 47.5 Å². The Balaban J connectivity index is 2.44. The Morgan fingerprint density at radius 2 is 1.92 bits per heavy atom. The molecule has 0 aliphatic carbocycles. The molecule has 0 fully saturated rings. The average molecular weight is 173 g/mol. The lowest BCUT2D eigenvalue weighted by Gasteiger charge is -1.93. The first-order valence-corrected chi connectivity index (χ1v) is 4.98. The van der Waals surface area contributed by atoms with Gasteiger partial charge in [0.2, 0.25) is 0 Å². The first kappa shape index (κ1) is 10.0. The van der Waals surface area contributed by atoms with E-state index in [0.717, 1.165) is 6.42 Å². The van der Waals surface area contributed by atoms with Gasteiger partial charge in [0.1, 0.15) is 0 Å². The molecule has 0 saturated carbocycles. The van der Waals surface area contributed by atoms with Crippen LogP contribution in [0, 0.1) is 13.0 Å². The molecule has 0 N–H and O–H groups in total. The Kier molecular flexibility index (Phi) is 4.31. The zero-order valence-electron chi connectivity index (χ0n) is 8.51. The van der Waals surface area contributed by atoms with Crippen molar-refractivity contribution in [1.29, 1.82) is 0 Å². The van der Waals surface area contributed by atoms with E-state index in [1.807, 2.05) is 0 Å². The van der Waals surface area contributed by atoms with Crippen molar-refractivity contribution in [2.75, 3.05) is 0 Å². The van der Waals surface area contributed by atoms with E-state index in [0.29, 0.717) is 0 Å². The highest BCUT2D eigenvalue weighted by Gasteiger charge is 1.86. The van der Waals surface area contributed by atoms with Gasteiger partial charge >= 0.3 is 0 Å². The van der Waals surface area contributed by atoms with Crippen LogP contribution in [0.25, 0.3) is 0 Å². The quantitative estimate of drug-likeness (QED) is 0.606. The summed E-state index contributed by atoms with van der Waals surface area (Å²) in [5, 5.41) is 0. The molecule has 0 heteroatoms. The van der Waals surface area contributed by atoms with E-state index in [1.165, 1.54) is 24.0 Å². The van der Waals surface area contributed by atoms with Gasteiger partial charge in [-0.1, -0.05) is 55.7 Å². The standard InChI is InChI=1S/C13H17/c1-3-4-5-6-7-13-10-8-12(2)9-11-13/h6,8-11H,3-5H2,1-2H3. The van der Waals surface area contributed by atoms with Gasteiger partial charge in [-0.25, -0.2) is 0 Å². The van der Waals surface area contributed by atoms with Crippen LogP contribution in [0.1, 0.15) is 37.3 Å². The molecule has 0 bridgehead atoms. The summed E-state index contributed by atoms with van der Waals surface area (Å²) in [5.41, 5.74) is 2.49. The minimum Gasteiger partial charge on any atom is -0.0760 e. The average Bonchev–Trinajstić information content (AvgIpc) is 2.15. The smallest absolute Gasteiger partial charge is 0.0149 e. The minimum absolute atomic E-state index is 1.14. The summed E-state index contributed by atoms with van der Waals surface area (Å²) in [5.74, 6) is 0. The number of rotatable bonds is 4. The van der Waals surface area contributed by atoms with E-state index < -0.39 is 0 Å². The van der Waals surface area contributed by atoms with Gasteiger partial charge in [0.25, 0.3) is 0 Å². The summed E-state index contributed by atoms with van der Waals surface area (Å²) >= 11 is 0. The number of allylic oxidation sites excluding steroid dienone is 1. The summed E-state index contributed by atoms with van der Waals surface area (Å²) in [4.78, 5) is 0. The van der Waals surface area contributed by atoms with Gasteiger partial charge in [0.15, 0.2) is 0 Å². The van der Waals surface area contributed by atoms with Gasteiger partial charge in [0, 0.05) is 0 Å². The maximum absolute atomic E-state index is 3.28. The van der Waals surface area contributed by atoms with Crippen LogP contribution in [0.4, 0.5) is 0 Å². The largest absolute Gasteiger partial charge is 0.0760 e. The molecule has 0 heterocycles. The number of benzene rings is 1. The van der Waals surface area contributed by atoms with E-state index in [-0.39, 0.29) is 0 Å². The van der Waals surface area contributed by atoms with Crippen molar-refractivity contribution in [1.82, 2.24) is 0 Å². The van der Waals surface area contributed by atoms with Crippen LogP contribution in [0.15, 0.2) is 30.3 Å². The molecule has 1 aromatic carbocycles. The molecule has 69 valence electrons. The Labute approximate surface area is 81.3 Å². The minimum atomic E-state index is 1.14. The molecule has 1 radical (unpaired) electrons. The van der Waals surface area contributed by atoms with Gasteiger partial charge in [-0.05, 0) is 25.0 Å². The van der Waals surface area contributed by atoms with Gasteiger partial charge in [-0.15, -0.1) is 0 Å². The van der Waals surface area contributed by atoms with Gasteiger partial charge in [-0.3, -0.25) is 0 Å². The van der Waals surface area contributed by atoms with Crippen molar-refractivity contribution < 1.29 is 0 Å². The zero-order chi connectivity index (χ0) is 9.52. The third-order valence-electron chi connectivity index (χ3n) is 2.02. The van der Waals surface area contributed by atoms with Crippen molar-refractivity contribution in [3.8, 4) is 0 Å². The molecule has 0 aliphatic heterocycles. The normalized spacial score (nSPS) is 10.9. The molecule has 1 aromatic rings. The third kappa shape index (κ3) is 3.93. The third-order valence-corrected chi connectivity index (χ3v) is 2.02. The monoisotopic (exact) mass is 173 g/mol. The van der Waals surface area contributed by atoms with Crippen molar-refractivity contribution >= 4 is 0 Å². The lowest BCUT2D eigenvalue weighted by Crippen LogP contribution is -1.75. The highest BCUT2D eigenvalue weighted by atomic mass is 13.9. The van der Waals surface area contributed by atoms with E-state index in [4.69, 9.17) is 0 Å². The maximum atomic E-state index is 3.28. The fourth-order valence-electron chi connectivity index (χ4n) is 1.15. The molecule has 0 spiro atoms. The molecule has 0 aromatic heterocycles. The second-order valence-corrected chi connectivity index (χ2v) is 3.36. The molecular formula is C13H17. The highest BCUT2D eigenvalue weighted by Crippen LogP contribution is 2.04. The van der Waals surface area contributed by atoms with E-state index >= 15 is 0 Å². The lowest BCUT2D eigenvalue weighted by molar-refractivity contribution is 0.813. The molecule has 0 unspecified atom stereocenters. The van der Waals surface area contributed by atoms with Crippen LogP contribution < -0.4 is 0 Å². The fraction of sp³-hybridized carbons (Fsp3) is 0.385. The highest BCUT2D eigenvalue weighted by molar-refractivity contribution is 5.26. The first-order chi connectivity index (χ1) is 6.33. The van der Waals surface area contributed by atoms with Crippen LogP contribution >= 0.6 is 0 Å². The molecule has 0 aliphatic rings. The second-order valence-electron chi connectivity index (χ2n) is 3.36. The van der Waals surface area contributed by atoms with Crippen LogP contribution in [-0.4, -0.2) is 0 Å². The molecule has 1 rings (SSSR count). The number of unbranched alkanes of at least 4 members (excludes halogenated alkanes) is 2. The molecule has 0 atom stereocenters. The second kappa shape index (κ2) is 5.58. The number of hydrogen-bond donors (Lipinski definition) is 0. The summed E-state index contributed by atoms with van der Waals surface area (Å²) < 4.78 is 0. The Hall–Kier alpha value is -1.04. The van der Waals surface area contributed by atoms with Crippen molar-refractivity contribution in [3.63, 3.8) is 0 Å². The fourth-order valence-corrected chi connectivity index (χ4v) is 1.15. The van der Waals surface area contributed by atoms with Gasteiger partial charge < -0.3 is 0 Å². The maximum Gasteiger partial charge on any atom is -0.0149 e. The molecule has 0 saturated heterocycles. The van der Waals surface area contributed by atoms with Crippen LogP contribution in [0.3, 0.4) is 0 Å². The molecule has 0 nitrogen and oxygen atoms in total. The summed E-state index contributed by atoms with van der Waals surface area (Å²) in [6.07, 6.45) is 9.08. The summed E-state index contributed by atoms with van der Waals surface area (Å²) in [6.45, 7) is 4.31. The predicted octanol–water partition coefficient (Wildman–Crippen LogP) is 3.89. The molecule has 13 heavy (non-hydrogen) atoms. The van der Waals surface area contributed by atoms with Crippen LogP contribution in [0.2, 0.25) is 0 Å². The SMILES string of the molecule is CCCC/C=[C]\c1ccc(C)cc1. The lowest BCUT2D eigenvalue weighted by atomic mass is 10.1. The predicted molar refractivity (Wildman–Crippen MR) is 57.6 cm³/mol. The van der Waals surface area contributed by atoms with E-state index in [2.05, 4.69) is 50.3 Å². The van der Waals surface area contributed by atoms with Crippen molar-refractivity contribution in [2.24, 2.45) is 0 Å². The van der Waals surface area contributed by atoms with Gasteiger partial charge in [-0.2, -0.15) is 0 Å². The van der Waals surface area contributed by atoms with Gasteiger partial charge in [0.05, 0.1) is 0 Å². The summed E-state index contributed by atoms with van der Waals surface area (Å²) in [7, 11) is 0. The van der Waals surface area contributed by atoms with E-state index in [1.54, 1.807) is 0 Å². The Morgan fingerprint density at radius 1 is 1.23 bits per heavy atom.